The van der Waals surface area contributed by atoms with Crippen molar-refractivity contribution in [1.29, 1.82) is 0 Å². The minimum Gasteiger partial charge on any atom is -0.508 e. The number of aromatic hydroxyl groups is 1. The maximum absolute atomic E-state index is 12.6. The third-order valence-electron chi connectivity index (χ3n) is 2.14. The minimum atomic E-state index is -2.60. The number of rotatable bonds is 1. The van der Waals surface area contributed by atoms with Crippen molar-refractivity contribution < 1.29 is 13.9 Å². The topological polar surface area (TPSA) is 20.2 Å². The van der Waals surface area contributed by atoms with E-state index < -0.39 is 11.8 Å². The summed E-state index contributed by atoms with van der Waals surface area (Å²) in [5.41, 5.74) is 0.363. The highest BCUT2D eigenvalue weighted by Gasteiger charge is 2.58. The lowest BCUT2D eigenvalue weighted by atomic mass is 10.1. The average molecular weight is 170 g/mol. The molecule has 0 saturated heterocycles. The lowest BCUT2D eigenvalue weighted by Gasteiger charge is -2.01. The van der Waals surface area contributed by atoms with Gasteiger partial charge < -0.3 is 5.11 Å². The Labute approximate surface area is 68.6 Å². The second-order valence-corrected chi connectivity index (χ2v) is 3.08. The zero-order chi connectivity index (χ0) is 8.77. The summed E-state index contributed by atoms with van der Waals surface area (Å²) < 4.78 is 25.1. The number of benzene rings is 1. The van der Waals surface area contributed by atoms with Crippen LogP contribution in [0.4, 0.5) is 8.78 Å². The molecular formula is C9H8F2O. The summed E-state index contributed by atoms with van der Waals surface area (Å²) in [7, 11) is 0. The predicted octanol–water partition coefficient (Wildman–Crippen LogP) is 2.51. The van der Waals surface area contributed by atoms with Gasteiger partial charge in [0.2, 0.25) is 0 Å². The van der Waals surface area contributed by atoms with Crippen LogP contribution in [0.1, 0.15) is 17.9 Å². The van der Waals surface area contributed by atoms with Crippen molar-refractivity contribution in [1.82, 2.24) is 0 Å². The van der Waals surface area contributed by atoms with Gasteiger partial charge in [0, 0.05) is 12.0 Å². The summed E-state index contributed by atoms with van der Waals surface area (Å²) in [6, 6.07) is 6.26. The van der Waals surface area contributed by atoms with Crippen LogP contribution in [-0.4, -0.2) is 11.0 Å². The molecule has 0 amide bonds. The molecule has 0 heterocycles. The molecule has 12 heavy (non-hydrogen) atoms. The van der Waals surface area contributed by atoms with E-state index in [2.05, 4.69) is 0 Å². The first-order valence-corrected chi connectivity index (χ1v) is 3.77. The quantitative estimate of drug-likeness (QED) is 0.686. The van der Waals surface area contributed by atoms with Crippen LogP contribution in [0.2, 0.25) is 0 Å². The molecule has 0 radical (unpaired) electrons. The van der Waals surface area contributed by atoms with Crippen molar-refractivity contribution in [3.63, 3.8) is 0 Å². The SMILES string of the molecule is Oc1ccccc1C1CC1(F)F. The first kappa shape index (κ1) is 7.53. The lowest BCUT2D eigenvalue weighted by molar-refractivity contribution is 0.111. The maximum atomic E-state index is 12.6. The Balaban J connectivity index is 2.31. The van der Waals surface area contributed by atoms with E-state index in [0.717, 1.165) is 0 Å². The predicted molar refractivity (Wildman–Crippen MR) is 40.4 cm³/mol. The van der Waals surface area contributed by atoms with Gasteiger partial charge in [-0.05, 0) is 6.07 Å². The van der Waals surface area contributed by atoms with Gasteiger partial charge in [0.1, 0.15) is 5.75 Å². The molecule has 0 spiro atoms. The van der Waals surface area contributed by atoms with Gasteiger partial charge in [0.15, 0.2) is 0 Å². The van der Waals surface area contributed by atoms with E-state index in [0.29, 0.717) is 5.56 Å². The summed E-state index contributed by atoms with van der Waals surface area (Å²) >= 11 is 0. The number of hydrogen-bond donors (Lipinski definition) is 1. The molecule has 64 valence electrons. The molecule has 1 aromatic rings. The highest BCUT2D eigenvalue weighted by molar-refractivity contribution is 5.40. The molecule has 1 nitrogen and oxygen atoms in total. The third kappa shape index (κ3) is 1.05. The molecule has 1 aromatic carbocycles. The summed E-state index contributed by atoms with van der Waals surface area (Å²) in [6.07, 6.45) is -0.134. The summed E-state index contributed by atoms with van der Waals surface area (Å²) in [5, 5.41) is 9.22. The van der Waals surface area contributed by atoms with E-state index >= 15 is 0 Å². The van der Waals surface area contributed by atoms with Gasteiger partial charge in [0.25, 0.3) is 5.92 Å². The molecule has 2 rings (SSSR count). The Morgan fingerprint density at radius 2 is 1.92 bits per heavy atom. The molecule has 0 aromatic heterocycles. The van der Waals surface area contributed by atoms with E-state index in [9.17, 15) is 13.9 Å². The zero-order valence-electron chi connectivity index (χ0n) is 6.30. The Bertz CT molecular complexity index is 309. The standard InChI is InChI=1S/C9H8F2O/c10-9(11)5-7(9)6-3-1-2-4-8(6)12/h1-4,7,12H,5H2. The van der Waals surface area contributed by atoms with Gasteiger partial charge in [-0.1, -0.05) is 18.2 Å². The Morgan fingerprint density at radius 1 is 1.33 bits per heavy atom. The normalized spacial score (nSPS) is 25.3. The molecule has 1 saturated carbocycles. The first-order chi connectivity index (χ1) is 5.61. The van der Waals surface area contributed by atoms with E-state index in [1.165, 1.54) is 6.07 Å². The number of hydrogen-bond acceptors (Lipinski definition) is 1. The average Bonchev–Trinajstić information content (AvgIpc) is 2.61. The van der Waals surface area contributed by atoms with Gasteiger partial charge in [-0.15, -0.1) is 0 Å². The second kappa shape index (κ2) is 2.19. The molecule has 1 N–H and O–H groups in total. The summed E-state index contributed by atoms with van der Waals surface area (Å²) in [5.74, 6) is -3.39. The van der Waals surface area contributed by atoms with Crippen molar-refractivity contribution in [2.45, 2.75) is 18.3 Å². The van der Waals surface area contributed by atoms with Gasteiger partial charge in [-0.3, -0.25) is 0 Å². The largest absolute Gasteiger partial charge is 0.508 e. The van der Waals surface area contributed by atoms with Gasteiger partial charge >= 0.3 is 0 Å². The van der Waals surface area contributed by atoms with Crippen LogP contribution < -0.4 is 0 Å². The van der Waals surface area contributed by atoms with Crippen LogP contribution in [0.25, 0.3) is 0 Å². The number of para-hydroxylation sites is 1. The molecule has 1 atom stereocenters. The van der Waals surface area contributed by atoms with Gasteiger partial charge in [-0.2, -0.15) is 0 Å². The van der Waals surface area contributed by atoms with Gasteiger partial charge in [-0.25, -0.2) is 8.78 Å². The van der Waals surface area contributed by atoms with E-state index in [1.807, 2.05) is 0 Å². The number of phenols is 1. The van der Waals surface area contributed by atoms with Crippen LogP contribution in [-0.2, 0) is 0 Å². The summed E-state index contributed by atoms with van der Waals surface area (Å²) in [6.45, 7) is 0. The van der Waals surface area contributed by atoms with Crippen LogP contribution in [0.5, 0.6) is 5.75 Å². The van der Waals surface area contributed by atoms with Crippen LogP contribution >= 0.6 is 0 Å². The first-order valence-electron chi connectivity index (χ1n) is 3.77. The minimum absolute atomic E-state index is 0.0281. The molecule has 0 bridgehead atoms. The van der Waals surface area contributed by atoms with Crippen molar-refractivity contribution in [2.24, 2.45) is 0 Å². The molecule has 3 heteroatoms. The van der Waals surface area contributed by atoms with Crippen molar-refractivity contribution in [3.05, 3.63) is 29.8 Å². The van der Waals surface area contributed by atoms with Crippen molar-refractivity contribution >= 4 is 0 Å². The zero-order valence-corrected chi connectivity index (χ0v) is 6.30. The Morgan fingerprint density at radius 3 is 2.42 bits per heavy atom. The van der Waals surface area contributed by atoms with Gasteiger partial charge in [0.05, 0.1) is 5.92 Å². The number of halogens is 2. The van der Waals surface area contributed by atoms with Crippen LogP contribution in [0, 0.1) is 0 Å². The Hall–Kier alpha value is -1.12. The molecule has 1 aliphatic carbocycles. The number of alkyl halides is 2. The lowest BCUT2D eigenvalue weighted by Crippen LogP contribution is -1.92. The number of phenolic OH excluding ortho intramolecular Hbond substituents is 1. The van der Waals surface area contributed by atoms with Crippen molar-refractivity contribution in [3.8, 4) is 5.75 Å². The highest BCUT2D eigenvalue weighted by atomic mass is 19.3. The molecule has 1 aliphatic rings. The molecular weight excluding hydrogens is 162 g/mol. The molecule has 1 fully saturated rings. The summed E-state index contributed by atoms with van der Waals surface area (Å²) in [4.78, 5) is 0. The third-order valence-corrected chi connectivity index (χ3v) is 2.14. The Kier molecular flexibility index (Phi) is 1.37. The fourth-order valence-corrected chi connectivity index (χ4v) is 1.33. The monoisotopic (exact) mass is 170 g/mol. The molecule has 1 unspecified atom stereocenters. The fraction of sp³-hybridized carbons (Fsp3) is 0.333. The van der Waals surface area contributed by atoms with Crippen LogP contribution in [0.3, 0.4) is 0 Å². The maximum Gasteiger partial charge on any atom is 0.256 e. The highest BCUT2D eigenvalue weighted by Crippen LogP contribution is 2.57. The second-order valence-electron chi connectivity index (χ2n) is 3.08. The fourth-order valence-electron chi connectivity index (χ4n) is 1.33. The smallest absolute Gasteiger partial charge is 0.256 e. The van der Waals surface area contributed by atoms with Crippen LogP contribution in [0.15, 0.2) is 24.3 Å². The molecule has 0 aliphatic heterocycles. The van der Waals surface area contributed by atoms with E-state index in [4.69, 9.17) is 0 Å². The van der Waals surface area contributed by atoms with E-state index in [-0.39, 0.29) is 12.2 Å². The van der Waals surface area contributed by atoms with Crippen molar-refractivity contribution in [2.75, 3.05) is 0 Å². The van der Waals surface area contributed by atoms with E-state index in [1.54, 1.807) is 18.2 Å².